The number of carbonyl (C=O) groups is 5. The number of aldehydes is 2. The lowest BCUT2D eigenvalue weighted by atomic mass is 9.85. The summed E-state index contributed by atoms with van der Waals surface area (Å²) in [6, 6.07) is 20.5. The predicted molar refractivity (Wildman–Crippen MR) is 186 cm³/mol. The van der Waals surface area contributed by atoms with Gasteiger partial charge in [-0.05, 0) is 74.1 Å². The first-order valence-electron chi connectivity index (χ1n) is 16.4. The van der Waals surface area contributed by atoms with Crippen LogP contribution < -0.4 is 27.0 Å². The molecule has 2 heterocycles. The summed E-state index contributed by atoms with van der Waals surface area (Å²) >= 11 is 0. The predicted octanol–water partition coefficient (Wildman–Crippen LogP) is 3.11. The summed E-state index contributed by atoms with van der Waals surface area (Å²) in [5, 5.41) is 5.75. The monoisotopic (exact) mass is 666 g/mol. The molecule has 1 unspecified atom stereocenters. The molecule has 12 nitrogen and oxygen atoms in total. The quantitative estimate of drug-likeness (QED) is 0.0470. The van der Waals surface area contributed by atoms with E-state index in [4.69, 9.17) is 16.2 Å². The Kier molecular flexibility index (Phi) is 10.6. The van der Waals surface area contributed by atoms with Gasteiger partial charge in [0.25, 0.3) is 11.8 Å². The fourth-order valence-electron chi connectivity index (χ4n) is 6.42. The van der Waals surface area contributed by atoms with Crippen molar-refractivity contribution in [3.8, 4) is 11.1 Å². The van der Waals surface area contributed by atoms with E-state index in [-0.39, 0.29) is 37.2 Å². The van der Waals surface area contributed by atoms with Gasteiger partial charge in [0, 0.05) is 24.9 Å². The molecule has 2 amide bonds. The maximum absolute atomic E-state index is 13.8. The summed E-state index contributed by atoms with van der Waals surface area (Å²) in [5.74, 6) is -1.21. The van der Waals surface area contributed by atoms with Gasteiger partial charge in [0.05, 0.1) is 29.6 Å². The van der Waals surface area contributed by atoms with Crippen molar-refractivity contribution in [3.63, 3.8) is 0 Å². The smallest absolute Gasteiger partial charge is 0.329 e. The Balaban J connectivity index is 1.52. The molecule has 6 N–H and O–H groups in total. The van der Waals surface area contributed by atoms with Crippen molar-refractivity contribution in [3.05, 3.63) is 83.4 Å². The van der Waals surface area contributed by atoms with E-state index in [9.17, 15) is 24.0 Å². The number of hydrogen-bond donors (Lipinski definition) is 4. The molecule has 12 heteroatoms. The van der Waals surface area contributed by atoms with E-state index in [2.05, 4.69) is 15.6 Å². The van der Waals surface area contributed by atoms with E-state index in [1.807, 2.05) is 48.5 Å². The topological polar surface area (TPSA) is 196 Å². The van der Waals surface area contributed by atoms with Gasteiger partial charge in [-0.2, -0.15) is 0 Å². The third-order valence-electron chi connectivity index (χ3n) is 8.90. The SMILES string of the molecule is CC(C)OC(=O)[C@]1(Cc2ccc(N3C(=O)CNC(=O)c4cc(CCCCCN=C(N)N)ccc43)c(-c3ccccc3)c2)NC1(C=O)CC=O. The van der Waals surface area contributed by atoms with Gasteiger partial charge >= 0.3 is 5.97 Å². The minimum absolute atomic E-state index is 0.0607. The molecule has 2 aliphatic rings. The number of benzene rings is 3. The van der Waals surface area contributed by atoms with E-state index >= 15 is 0 Å². The van der Waals surface area contributed by atoms with E-state index in [1.54, 1.807) is 36.9 Å². The maximum atomic E-state index is 13.8. The van der Waals surface area contributed by atoms with Crippen molar-refractivity contribution >= 4 is 47.7 Å². The molecular weight excluding hydrogens is 624 g/mol. The van der Waals surface area contributed by atoms with Gasteiger partial charge in [-0.1, -0.05) is 48.9 Å². The van der Waals surface area contributed by atoms with E-state index < -0.39 is 23.2 Å². The molecule has 1 fully saturated rings. The second-order valence-corrected chi connectivity index (χ2v) is 12.7. The van der Waals surface area contributed by atoms with Crippen molar-refractivity contribution in [2.75, 3.05) is 18.0 Å². The zero-order valence-electron chi connectivity index (χ0n) is 27.7. The zero-order chi connectivity index (χ0) is 35.2. The molecule has 2 aliphatic heterocycles. The Morgan fingerprint density at radius 2 is 1.65 bits per heavy atom. The number of ether oxygens (including phenoxy) is 1. The number of hydrogen-bond acceptors (Lipinski definition) is 8. The summed E-state index contributed by atoms with van der Waals surface area (Å²) < 4.78 is 5.54. The van der Waals surface area contributed by atoms with Gasteiger partial charge in [0.15, 0.2) is 5.96 Å². The highest BCUT2D eigenvalue weighted by molar-refractivity contribution is 6.14. The molecule has 2 atom stereocenters. The van der Waals surface area contributed by atoms with Gasteiger partial charge in [0.2, 0.25) is 0 Å². The van der Waals surface area contributed by atoms with E-state index in [0.29, 0.717) is 47.2 Å². The third kappa shape index (κ3) is 7.39. The fourth-order valence-corrected chi connectivity index (χ4v) is 6.42. The highest BCUT2D eigenvalue weighted by Crippen LogP contribution is 2.45. The van der Waals surface area contributed by atoms with Crippen LogP contribution in [0.1, 0.15) is 61.0 Å². The van der Waals surface area contributed by atoms with Gasteiger partial charge < -0.3 is 31.1 Å². The highest BCUT2D eigenvalue weighted by atomic mass is 16.5. The molecule has 3 aromatic rings. The lowest BCUT2D eigenvalue weighted by molar-refractivity contribution is -0.151. The third-order valence-corrected chi connectivity index (χ3v) is 8.90. The number of fused-ring (bicyclic) bond motifs is 1. The summed E-state index contributed by atoms with van der Waals surface area (Å²) in [5.41, 5.74) is 12.5. The Labute approximate surface area is 285 Å². The summed E-state index contributed by atoms with van der Waals surface area (Å²) in [6.07, 6.45) is 4.02. The number of nitrogens with two attached hydrogens (primary N) is 2. The van der Waals surface area contributed by atoms with Crippen LogP contribution in [0.25, 0.3) is 11.1 Å². The number of carbonyl (C=O) groups excluding carboxylic acids is 5. The zero-order valence-corrected chi connectivity index (χ0v) is 27.7. The molecule has 3 aromatic carbocycles. The van der Waals surface area contributed by atoms with Crippen LogP contribution in [-0.4, -0.2) is 66.6 Å². The normalized spacial score (nSPS) is 19.8. The Morgan fingerprint density at radius 1 is 0.959 bits per heavy atom. The molecule has 0 spiro atoms. The molecule has 256 valence electrons. The first-order chi connectivity index (χ1) is 23.5. The molecule has 0 aromatic heterocycles. The van der Waals surface area contributed by atoms with Gasteiger partial charge in [-0.25, -0.2) is 4.79 Å². The number of amides is 2. The van der Waals surface area contributed by atoms with Crippen molar-refractivity contribution in [1.82, 2.24) is 10.6 Å². The molecule has 49 heavy (non-hydrogen) atoms. The minimum atomic E-state index is -1.43. The lowest BCUT2D eigenvalue weighted by Gasteiger charge is -2.26. The molecular formula is C37H42N6O6. The van der Waals surface area contributed by atoms with Crippen molar-refractivity contribution < 1.29 is 28.7 Å². The Hall–Kier alpha value is -5.36. The second kappa shape index (κ2) is 14.8. The van der Waals surface area contributed by atoms with Crippen LogP contribution in [-0.2, 0) is 36.8 Å². The van der Waals surface area contributed by atoms with Crippen molar-refractivity contribution in [1.29, 1.82) is 0 Å². The Morgan fingerprint density at radius 3 is 2.33 bits per heavy atom. The van der Waals surface area contributed by atoms with Crippen LogP contribution in [0.4, 0.5) is 11.4 Å². The minimum Gasteiger partial charge on any atom is -0.462 e. The average Bonchev–Trinajstić information content (AvgIpc) is 3.75. The first kappa shape index (κ1) is 35.0. The number of aliphatic imine (C=N–C) groups is 1. The Bertz CT molecular complexity index is 1770. The second-order valence-electron chi connectivity index (χ2n) is 12.7. The number of nitrogens with one attached hydrogen (secondary N) is 2. The first-order valence-corrected chi connectivity index (χ1v) is 16.4. The van der Waals surface area contributed by atoms with Crippen LogP contribution in [0.3, 0.4) is 0 Å². The molecule has 1 saturated heterocycles. The van der Waals surface area contributed by atoms with Crippen LogP contribution in [0.15, 0.2) is 71.7 Å². The average molecular weight is 667 g/mol. The maximum Gasteiger partial charge on any atom is 0.329 e. The number of guanidine groups is 1. The van der Waals surface area contributed by atoms with Crippen molar-refractivity contribution in [2.24, 2.45) is 16.5 Å². The number of esters is 1. The largest absolute Gasteiger partial charge is 0.462 e. The van der Waals surface area contributed by atoms with Crippen LogP contribution in [0.5, 0.6) is 0 Å². The molecule has 0 radical (unpaired) electrons. The molecule has 0 aliphatic carbocycles. The summed E-state index contributed by atoms with van der Waals surface area (Å²) in [4.78, 5) is 69.8. The lowest BCUT2D eigenvalue weighted by Crippen LogP contribution is -2.40. The fraction of sp³-hybridized carbons (Fsp3) is 0.351. The van der Waals surface area contributed by atoms with E-state index in [1.165, 1.54) is 0 Å². The van der Waals surface area contributed by atoms with E-state index in [0.717, 1.165) is 36.8 Å². The van der Waals surface area contributed by atoms with Crippen LogP contribution in [0, 0.1) is 0 Å². The number of unbranched alkanes of at least 4 members (excludes halogenated alkanes) is 2. The molecule has 0 bridgehead atoms. The number of nitrogens with zero attached hydrogens (tertiary/aromatic N) is 2. The standard InChI is InChI=1S/C37H42N6O6/c1-24(2)49-34(48)37(36(23-45,42-37)16-18-44)21-26-13-15-30(28(20-26)27-10-6-3-7-11-27)43-31-14-12-25(9-5-4-8-17-40-35(38)39)19-29(31)33(47)41-22-32(43)46/h3,6-7,10-15,18-20,23-24,42H,4-5,8-9,16-17,21-22H2,1-2H3,(H,41,47)(H4,38,39,40)/t36?,37-/m0/s1. The van der Waals surface area contributed by atoms with Gasteiger partial charge in [0.1, 0.15) is 23.7 Å². The van der Waals surface area contributed by atoms with Crippen molar-refractivity contribution in [2.45, 2.75) is 69.6 Å². The summed E-state index contributed by atoms with van der Waals surface area (Å²) in [6.45, 7) is 3.79. The summed E-state index contributed by atoms with van der Waals surface area (Å²) in [7, 11) is 0. The molecule has 0 saturated carbocycles. The number of rotatable bonds is 15. The van der Waals surface area contributed by atoms with Crippen LogP contribution in [0.2, 0.25) is 0 Å². The van der Waals surface area contributed by atoms with Crippen LogP contribution >= 0.6 is 0 Å². The highest BCUT2D eigenvalue weighted by Gasteiger charge is 2.72. The van der Waals surface area contributed by atoms with Gasteiger partial charge in [-0.15, -0.1) is 0 Å². The van der Waals surface area contributed by atoms with Gasteiger partial charge in [-0.3, -0.25) is 24.8 Å². The molecule has 5 rings (SSSR count). The number of anilines is 2. The number of aryl methyl sites for hydroxylation is 1.